The number of anilines is 1. The van der Waals surface area contributed by atoms with Crippen LogP contribution in [0.2, 0.25) is 0 Å². The van der Waals surface area contributed by atoms with Crippen LogP contribution in [0.1, 0.15) is 23.7 Å². The Morgan fingerprint density at radius 3 is 2.71 bits per heavy atom. The Balaban J connectivity index is 1.89. The predicted molar refractivity (Wildman–Crippen MR) is 95.0 cm³/mol. The normalized spacial score (nSPS) is 16.2. The van der Waals surface area contributed by atoms with Gasteiger partial charge in [-0.25, -0.2) is 4.98 Å². The van der Waals surface area contributed by atoms with Crippen LogP contribution in [-0.4, -0.2) is 23.7 Å². The van der Waals surface area contributed by atoms with Crippen LogP contribution in [0, 0.1) is 0 Å². The molecule has 0 saturated heterocycles. The highest BCUT2D eigenvalue weighted by Crippen LogP contribution is 2.34. The van der Waals surface area contributed by atoms with Crippen LogP contribution in [0.15, 0.2) is 47.3 Å². The van der Waals surface area contributed by atoms with Gasteiger partial charge in [0.05, 0.1) is 12.5 Å². The highest BCUT2D eigenvalue weighted by molar-refractivity contribution is 5.83. The summed E-state index contributed by atoms with van der Waals surface area (Å²) < 4.78 is 7.20. The van der Waals surface area contributed by atoms with Gasteiger partial charge in [-0.3, -0.25) is 9.36 Å². The second kappa shape index (κ2) is 5.67. The van der Waals surface area contributed by atoms with Crippen LogP contribution >= 0.6 is 0 Å². The minimum atomic E-state index is 0.0169. The van der Waals surface area contributed by atoms with E-state index in [1.807, 2.05) is 25.2 Å². The van der Waals surface area contributed by atoms with Crippen molar-refractivity contribution in [2.24, 2.45) is 0 Å². The van der Waals surface area contributed by atoms with E-state index in [1.54, 1.807) is 11.7 Å². The van der Waals surface area contributed by atoms with E-state index in [0.29, 0.717) is 23.2 Å². The fraction of sp³-hybridized carbons (Fsp3) is 0.263. The smallest absolute Gasteiger partial charge is 0.261 e. The van der Waals surface area contributed by atoms with Gasteiger partial charge in [-0.05, 0) is 36.2 Å². The maximum Gasteiger partial charge on any atom is 0.261 e. The monoisotopic (exact) mass is 321 g/mol. The van der Waals surface area contributed by atoms with E-state index in [2.05, 4.69) is 29.6 Å². The van der Waals surface area contributed by atoms with Crippen LogP contribution < -0.4 is 15.6 Å². The molecule has 3 aromatic rings. The Kier molecular flexibility index (Phi) is 3.49. The molecule has 2 aromatic carbocycles. The summed E-state index contributed by atoms with van der Waals surface area (Å²) in [7, 11) is 3.51. The number of aromatic nitrogens is 2. The number of nitrogens with one attached hydrogen (secondary N) is 1. The fourth-order valence-corrected chi connectivity index (χ4v) is 3.47. The van der Waals surface area contributed by atoms with E-state index in [-0.39, 0.29) is 11.5 Å². The zero-order chi connectivity index (χ0) is 16.7. The quantitative estimate of drug-likeness (QED) is 0.806. The lowest BCUT2D eigenvalue weighted by Crippen LogP contribution is -2.21. The lowest BCUT2D eigenvalue weighted by molar-refractivity contribution is 0.418. The Morgan fingerprint density at radius 1 is 1.21 bits per heavy atom. The molecule has 1 atom stereocenters. The molecule has 1 unspecified atom stereocenters. The third kappa shape index (κ3) is 2.16. The van der Waals surface area contributed by atoms with Gasteiger partial charge in [0, 0.05) is 25.2 Å². The molecular weight excluding hydrogens is 302 g/mol. The summed E-state index contributed by atoms with van der Waals surface area (Å²) in [5.41, 5.74) is 2.92. The average molecular weight is 321 g/mol. The lowest BCUT2D eigenvalue weighted by Gasteiger charge is -2.13. The molecule has 1 aromatic heterocycles. The Labute approximate surface area is 139 Å². The van der Waals surface area contributed by atoms with Gasteiger partial charge in [0.2, 0.25) is 0 Å². The van der Waals surface area contributed by atoms with Crippen molar-refractivity contribution < 1.29 is 4.74 Å². The number of methoxy groups -OCH3 is 1. The van der Waals surface area contributed by atoms with Gasteiger partial charge in [-0.2, -0.15) is 0 Å². The second-order valence-corrected chi connectivity index (χ2v) is 6.00. The van der Waals surface area contributed by atoms with E-state index >= 15 is 0 Å². The Hall–Kier alpha value is -2.82. The number of fused-ring (bicyclic) bond motifs is 2. The van der Waals surface area contributed by atoms with Crippen molar-refractivity contribution in [2.45, 2.75) is 18.9 Å². The van der Waals surface area contributed by atoms with Crippen molar-refractivity contribution in [2.75, 3.05) is 19.5 Å². The first-order valence-electron chi connectivity index (χ1n) is 8.08. The molecule has 5 nitrogen and oxygen atoms in total. The van der Waals surface area contributed by atoms with Gasteiger partial charge in [0.15, 0.2) is 0 Å². The maximum atomic E-state index is 12.8. The van der Waals surface area contributed by atoms with Crippen LogP contribution in [0.5, 0.6) is 5.75 Å². The molecule has 0 bridgehead atoms. The number of hydrogen-bond acceptors (Lipinski definition) is 4. The molecule has 1 aliphatic heterocycles. The van der Waals surface area contributed by atoms with Crippen molar-refractivity contribution in [1.82, 2.24) is 9.55 Å². The third-order valence-corrected chi connectivity index (χ3v) is 4.75. The van der Waals surface area contributed by atoms with Gasteiger partial charge < -0.3 is 10.1 Å². The SMILES string of the molecule is CNc1ccc(C2CCn3c2nc2c(OC)cccc2c3=O)cc1. The van der Waals surface area contributed by atoms with Crippen molar-refractivity contribution >= 4 is 16.6 Å². The zero-order valence-electron chi connectivity index (χ0n) is 13.7. The van der Waals surface area contributed by atoms with Gasteiger partial charge in [0.25, 0.3) is 5.56 Å². The molecule has 2 heterocycles. The molecule has 122 valence electrons. The van der Waals surface area contributed by atoms with E-state index in [4.69, 9.17) is 9.72 Å². The topological polar surface area (TPSA) is 56.1 Å². The molecule has 0 saturated carbocycles. The first-order valence-corrected chi connectivity index (χ1v) is 8.08. The van der Waals surface area contributed by atoms with Crippen LogP contribution in [-0.2, 0) is 6.54 Å². The Morgan fingerprint density at radius 2 is 2.00 bits per heavy atom. The third-order valence-electron chi connectivity index (χ3n) is 4.75. The van der Waals surface area contributed by atoms with Gasteiger partial charge in [-0.15, -0.1) is 0 Å². The van der Waals surface area contributed by atoms with E-state index in [9.17, 15) is 4.79 Å². The number of benzene rings is 2. The summed E-state index contributed by atoms with van der Waals surface area (Å²) in [6.45, 7) is 0.701. The summed E-state index contributed by atoms with van der Waals surface area (Å²) in [5, 5.41) is 3.74. The molecule has 1 N–H and O–H groups in total. The van der Waals surface area contributed by atoms with Crippen molar-refractivity contribution in [3.8, 4) is 5.75 Å². The first kappa shape index (κ1) is 14.8. The highest BCUT2D eigenvalue weighted by atomic mass is 16.5. The highest BCUT2D eigenvalue weighted by Gasteiger charge is 2.28. The van der Waals surface area contributed by atoms with Crippen LogP contribution in [0.4, 0.5) is 5.69 Å². The summed E-state index contributed by atoms with van der Waals surface area (Å²) in [6, 6.07) is 13.8. The van der Waals surface area contributed by atoms with Crippen molar-refractivity contribution in [1.29, 1.82) is 0 Å². The lowest BCUT2D eigenvalue weighted by atomic mass is 9.97. The predicted octanol–water partition coefficient (Wildman–Crippen LogP) is 2.98. The number of ether oxygens (including phenoxy) is 1. The number of hydrogen-bond donors (Lipinski definition) is 1. The number of rotatable bonds is 3. The molecule has 0 radical (unpaired) electrons. The van der Waals surface area contributed by atoms with E-state index < -0.39 is 0 Å². The molecular formula is C19H19N3O2. The largest absolute Gasteiger partial charge is 0.494 e. The average Bonchev–Trinajstić information content (AvgIpc) is 3.06. The summed E-state index contributed by atoms with van der Waals surface area (Å²) in [6.07, 6.45) is 0.889. The van der Waals surface area contributed by atoms with Gasteiger partial charge in [-0.1, -0.05) is 18.2 Å². The molecule has 24 heavy (non-hydrogen) atoms. The molecule has 0 spiro atoms. The maximum absolute atomic E-state index is 12.8. The van der Waals surface area contributed by atoms with E-state index in [1.165, 1.54) is 5.56 Å². The summed E-state index contributed by atoms with van der Waals surface area (Å²) in [4.78, 5) is 17.6. The fourth-order valence-electron chi connectivity index (χ4n) is 3.47. The molecule has 0 aliphatic carbocycles. The molecule has 5 heteroatoms. The molecule has 0 fully saturated rings. The van der Waals surface area contributed by atoms with E-state index in [0.717, 1.165) is 17.9 Å². The summed E-state index contributed by atoms with van der Waals surface area (Å²) in [5.74, 6) is 1.61. The van der Waals surface area contributed by atoms with Gasteiger partial charge >= 0.3 is 0 Å². The zero-order valence-corrected chi connectivity index (χ0v) is 13.7. The van der Waals surface area contributed by atoms with Crippen molar-refractivity contribution in [3.05, 3.63) is 64.2 Å². The minimum Gasteiger partial charge on any atom is -0.494 e. The minimum absolute atomic E-state index is 0.0169. The Bertz CT molecular complexity index is 961. The number of nitrogens with zero attached hydrogens (tertiary/aromatic N) is 2. The summed E-state index contributed by atoms with van der Waals surface area (Å²) >= 11 is 0. The first-order chi connectivity index (χ1) is 11.7. The molecule has 1 aliphatic rings. The van der Waals surface area contributed by atoms with Crippen LogP contribution in [0.25, 0.3) is 10.9 Å². The number of para-hydroxylation sites is 1. The molecule has 4 rings (SSSR count). The second-order valence-electron chi connectivity index (χ2n) is 6.00. The molecule has 0 amide bonds. The van der Waals surface area contributed by atoms with Gasteiger partial charge in [0.1, 0.15) is 17.1 Å². The van der Waals surface area contributed by atoms with Crippen molar-refractivity contribution in [3.63, 3.8) is 0 Å². The van der Waals surface area contributed by atoms with Crippen LogP contribution in [0.3, 0.4) is 0 Å². The standard InChI is InChI=1S/C19H19N3O2/c1-20-13-8-6-12(7-9-13)14-10-11-22-18(14)21-17-15(19(22)23)4-3-5-16(17)24-2/h3-9,14,20H,10-11H2,1-2H3.